The molecule has 4 unspecified atom stereocenters. The number of hydrogen-bond acceptors (Lipinski definition) is 6. The first-order chi connectivity index (χ1) is 17.3. The molecule has 3 aliphatic heterocycles. The molecule has 3 saturated heterocycles. The van der Waals surface area contributed by atoms with Gasteiger partial charge in [0, 0.05) is 35.7 Å². The first kappa shape index (κ1) is 24.6. The number of rotatable bonds is 4. The predicted octanol–water partition coefficient (Wildman–Crippen LogP) is 4.22. The number of aromatic nitrogens is 1. The van der Waals surface area contributed by atoms with E-state index >= 15 is 0 Å². The van der Waals surface area contributed by atoms with Crippen LogP contribution < -0.4 is 5.32 Å². The van der Waals surface area contributed by atoms with Crippen molar-refractivity contribution in [2.24, 2.45) is 17.3 Å². The van der Waals surface area contributed by atoms with E-state index in [9.17, 15) is 9.90 Å². The highest BCUT2D eigenvalue weighted by molar-refractivity contribution is 6.32. The van der Waals surface area contributed by atoms with E-state index < -0.39 is 6.10 Å². The maximum atomic E-state index is 13.1. The number of nitrogens with zero attached hydrogens (tertiary/aromatic N) is 2. The molecule has 1 amide bonds. The third-order valence-corrected chi connectivity index (χ3v) is 10.1. The van der Waals surface area contributed by atoms with Crippen LogP contribution in [0.1, 0.15) is 51.0 Å². The van der Waals surface area contributed by atoms with E-state index in [0.717, 1.165) is 73.3 Å². The molecule has 4 atom stereocenters. The average Bonchev–Trinajstić information content (AvgIpc) is 3.26. The molecule has 7 nitrogen and oxygen atoms in total. The zero-order chi connectivity index (χ0) is 25.1. The summed E-state index contributed by atoms with van der Waals surface area (Å²) in [5.41, 5.74) is 0.948. The van der Waals surface area contributed by atoms with Gasteiger partial charge in [-0.3, -0.25) is 9.69 Å². The second-order valence-electron chi connectivity index (χ2n) is 11.5. The van der Waals surface area contributed by atoms with Gasteiger partial charge in [-0.1, -0.05) is 18.5 Å². The Morgan fingerprint density at radius 2 is 1.92 bits per heavy atom. The number of likely N-dealkylation sites (tertiary alicyclic amines) is 1. The van der Waals surface area contributed by atoms with Crippen molar-refractivity contribution in [3.05, 3.63) is 35.0 Å². The average molecular weight is 514 g/mol. The summed E-state index contributed by atoms with van der Waals surface area (Å²) in [6.45, 7) is 8.57. The summed E-state index contributed by atoms with van der Waals surface area (Å²) >= 11 is 6.74. The molecule has 194 valence electrons. The number of carbonyl (C=O) groups is 1. The highest BCUT2D eigenvalue weighted by Crippen LogP contribution is 2.64. The molecule has 4 heterocycles. The predicted molar refractivity (Wildman–Crippen MR) is 139 cm³/mol. The highest BCUT2D eigenvalue weighted by Gasteiger charge is 2.65. The molecule has 1 aliphatic carbocycles. The molecule has 2 N–H and O–H groups in total. The Hall–Kier alpha value is -1.77. The Morgan fingerprint density at radius 3 is 2.61 bits per heavy atom. The van der Waals surface area contributed by atoms with E-state index in [0.29, 0.717) is 30.9 Å². The van der Waals surface area contributed by atoms with Gasteiger partial charge >= 0.3 is 0 Å². The second kappa shape index (κ2) is 9.21. The summed E-state index contributed by atoms with van der Waals surface area (Å²) in [4.78, 5) is 20.0. The van der Waals surface area contributed by atoms with Gasteiger partial charge in [0.25, 0.3) is 0 Å². The van der Waals surface area contributed by atoms with Crippen molar-refractivity contribution >= 4 is 34.1 Å². The number of anilines is 1. The zero-order valence-corrected chi connectivity index (χ0v) is 21.9. The molecule has 36 heavy (non-hydrogen) atoms. The molecule has 1 aromatic heterocycles. The third-order valence-electron chi connectivity index (χ3n) is 9.76. The van der Waals surface area contributed by atoms with Crippen LogP contribution in [0.5, 0.6) is 0 Å². The normalized spacial score (nSPS) is 32.7. The molecule has 0 bridgehead atoms. The van der Waals surface area contributed by atoms with Crippen LogP contribution in [0, 0.1) is 17.3 Å². The number of pyridine rings is 1. The van der Waals surface area contributed by atoms with Crippen molar-refractivity contribution in [2.45, 2.75) is 57.1 Å². The minimum absolute atomic E-state index is 0.0375. The van der Waals surface area contributed by atoms with Crippen molar-refractivity contribution in [3.8, 4) is 0 Å². The SMILES string of the molecule is CC1C(C(=O)Nc2cc3cc(C4CCN(C5(C)COCC5O)CC4)c(Cl)cc3cn2)C12CCOCC2. The Bertz CT molecular complexity index is 1160. The zero-order valence-electron chi connectivity index (χ0n) is 21.1. The number of benzene rings is 1. The lowest BCUT2D eigenvalue weighted by Gasteiger charge is -2.43. The number of fused-ring (bicyclic) bond motifs is 1. The Morgan fingerprint density at radius 1 is 1.17 bits per heavy atom. The van der Waals surface area contributed by atoms with Gasteiger partial charge in [-0.15, -0.1) is 0 Å². The van der Waals surface area contributed by atoms with Crippen LogP contribution in [-0.4, -0.2) is 72.1 Å². The van der Waals surface area contributed by atoms with Gasteiger partial charge in [-0.25, -0.2) is 4.98 Å². The minimum atomic E-state index is -0.445. The van der Waals surface area contributed by atoms with Crippen LogP contribution in [0.15, 0.2) is 24.4 Å². The molecular weight excluding hydrogens is 478 g/mol. The van der Waals surface area contributed by atoms with E-state index in [1.807, 2.05) is 12.1 Å². The van der Waals surface area contributed by atoms with Gasteiger partial charge in [0.2, 0.25) is 5.91 Å². The van der Waals surface area contributed by atoms with E-state index in [-0.39, 0.29) is 22.8 Å². The first-order valence-electron chi connectivity index (χ1n) is 13.3. The van der Waals surface area contributed by atoms with Gasteiger partial charge in [-0.2, -0.15) is 0 Å². The molecule has 8 heteroatoms. The van der Waals surface area contributed by atoms with Gasteiger partial charge in [0.15, 0.2) is 0 Å². The molecule has 6 rings (SSSR count). The fourth-order valence-corrected chi connectivity index (χ4v) is 7.46. The number of carbonyl (C=O) groups excluding carboxylic acids is 1. The summed E-state index contributed by atoms with van der Waals surface area (Å²) in [5, 5.41) is 16.3. The number of aliphatic hydroxyl groups excluding tert-OH is 1. The van der Waals surface area contributed by atoms with Crippen molar-refractivity contribution in [2.75, 3.05) is 44.8 Å². The van der Waals surface area contributed by atoms with Crippen molar-refractivity contribution in [1.82, 2.24) is 9.88 Å². The summed E-state index contributed by atoms with van der Waals surface area (Å²) < 4.78 is 11.1. The molecule has 4 aliphatic rings. The standard InChI is InChI=1S/C28H36ClN3O4/c1-17-25(28(17)5-9-35-10-6-28)26(34)31-24-13-19-11-21(22(29)12-20(19)14-30-24)18-3-7-32(8-4-18)27(2)16-36-15-23(27)33/h11-14,17-18,23,25,33H,3-10,15-16H2,1-2H3,(H,30,31,34). The summed E-state index contributed by atoms with van der Waals surface area (Å²) in [7, 11) is 0. The van der Waals surface area contributed by atoms with Crippen LogP contribution >= 0.6 is 11.6 Å². The van der Waals surface area contributed by atoms with Crippen LogP contribution in [0.4, 0.5) is 5.82 Å². The summed E-state index contributed by atoms with van der Waals surface area (Å²) in [6, 6.07) is 6.14. The Balaban J connectivity index is 1.16. The van der Waals surface area contributed by atoms with Crippen LogP contribution in [-0.2, 0) is 14.3 Å². The first-order valence-corrected chi connectivity index (χ1v) is 13.7. The minimum Gasteiger partial charge on any atom is -0.389 e. The Labute approximate surface area is 217 Å². The number of piperidine rings is 1. The fourth-order valence-electron chi connectivity index (χ4n) is 7.13. The van der Waals surface area contributed by atoms with E-state index in [4.69, 9.17) is 21.1 Å². The van der Waals surface area contributed by atoms with Crippen molar-refractivity contribution in [3.63, 3.8) is 0 Å². The Kier molecular flexibility index (Phi) is 6.28. The number of amides is 1. The molecule has 1 aromatic carbocycles. The van der Waals surface area contributed by atoms with E-state index in [2.05, 4.69) is 35.1 Å². The number of ether oxygens (including phenoxy) is 2. The van der Waals surface area contributed by atoms with Crippen molar-refractivity contribution in [1.29, 1.82) is 0 Å². The largest absolute Gasteiger partial charge is 0.389 e. The van der Waals surface area contributed by atoms with Gasteiger partial charge in [0.1, 0.15) is 5.82 Å². The lowest BCUT2D eigenvalue weighted by Crippen LogP contribution is -2.56. The maximum absolute atomic E-state index is 13.1. The summed E-state index contributed by atoms with van der Waals surface area (Å²) in [5.74, 6) is 1.45. The number of hydrogen-bond donors (Lipinski definition) is 2. The fraction of sp³-hybridized carbons (Fsp3) is 0.643. The molecule has 1 spiro atoms. The van der Waals surface area contributed by atoms with E-state index in [1.165, 1.54) is 0 Å². The summed E-state index contributed by atoms with van der Waals surface area (Å²) in [6.07, 6.45) is 5.24. The molecule has 2 aromatic rings. The number of halogens is 1. The van der Waals surface area contributed by atoms with Crippen LogP contribution in [0.3, 0.4) is 0 Å². The smallest absolute Gasteiger partial charge is 0.229 e. The topological polar surface area (TPSA) is 83.9 Å². The third kappa shape index (κ3) is 4.04. The van der Waals surface area contributed by atoms with E-state index in [1.54, 1.807) is 6.20 Å². The maximum Gasteiger partial charge on any atom is 0.229 e. The molecule has 1 saturated carbocycles. The van der Waals surface area contributed by atoms with Crippen LogP contribution in [0.25, 0.3) is 10.8 Å². The second-order valence-corrected chi connectivity index (χ2v) is 11.9. The number of aliphatic hydroxyl groups is 1. The van der Waals surface area contributed by atoms with Gasteiger partial charge in [-0.05, 0) is 92.1 Å². The highest BCUT2D eigenvalue weighted by atomic mass is 35.5. The van der Waals surface area contributed by atoms with Crippen molar-refractivity contribution < 1.29 is 19.4 Å². The monoisotopic (exact) mass is 513 g/mol. The van der Waals surface area contributed by atoms with Crippen LogP contribution in [0.2, 0.25) is 5.02 Å². The lowest BCUT2D eigenvalue weighted by molar-refractivity contribution is -0.118. The quantitative estimate of drug-likeness (QED) is 0.637. The lowest BCUT2D eigenvalue weighted by atomic mass is 9.85. The van der Waals surface area contributed by atoms with Gasteiger partial charge in [0.05, 0.1) is 24.9 Å². The van der Waals surface area contributed by atoms with Gasteiger partial charge < -0.3 is 19.9 Å². The molecular formula is C28H36ClN3O4. The molecule has 0 radical (unpaired) electrons. The number of nitrogens with one attached hydrogen (secondary N) is 1. The molecule has 4 fully saturated rings.